The van der Waals surface area contributed by atoms with Crippen molar-refractivity contribution in [1.29, 1.82) is 0 Å². The van der Waals surface area contributed by atoms with Gasteiger partial charge in [0.2, 0.25) is 9.84 Å². The maximum absolute atomic E-state index is 13.6. The third kappa shape index (κ3) is 3.93. The lowest BCUT2D eigenvalue weighted by atomic mass is 10.0. The third-order valence-corrected chi connectivity index (χ3v) is 7.79. The zero-order valence-electron chi connectivity index (χ0n) is 19.2. The Morgan fingerprint density at radius 2 is 1.91 bits per heavy atom. The summed E-state index contributed by atoms with van der Waals surface area (Å²) in [6, 6.07) is 15.2. The van der Waals surface area contributed by atoms with Crippen LogP contribution in [0.15, 0.2) is 70.6 Å². The van der Waals surface area contributed by atoms with Crippen LogP contribution in [0.5, 0.6) is 11.5 Å². The van der Waals surface area contributed by atoms with Gasteiger partial charge in [-0.2, -0.15) is 0 Å². The number of amides is 1. The van der Waals surface area contributed by atoms with Gasteiger partial charge in [0.15, 0.2) is 0 Å². The molecule has 0 bridgehead atoms. The second-order valence-electron chi connectivity index (χ2n) is 8.26. The van der Waals surface area contributed by atoms with E-state index in [9.17, 15) is 13.2 Å². The first kappa shape index (κ1) is 22.7. The molecule has 0 spiro atoms. The van der Waals surface area contributed by atoms with E-state index in [1.807, 2.05) is 18.2 Å². The number of aromatic nitrogens is 1. The number of nitrogens with zero attached hydrogens (tertiary/aromatic N) is 1. The summed E-state index contributed by atoms with van der Waals surface area (Å²) in [7, 11) is -2.41. The molecule has 3 N–H and O–H groups in total. The van der Waals surface area contributed by atoms with Crippen molar-refractivity contribution in [3.8, 4) is 11.5 Å². The lowest BCUT2D eigenvalue weighted by molar-refractivity contribution is 0.100. The normalized spacial score (nSPS) is 12.7. The van der Waals surface area contributed by atoms with Crippen LogP contribution >= 0.6 is 0 Å². The first-order valence-electron chi connectivity index (χ1n) is 10.9. The number of nitrogens with one attached hydrogen (secondary N) is 1. The topological polar surface area (TPSA) is 121 Å². The fourth-order valence-corrected chi connectivity index (χ4v) is 5.80. The summed E-state index contributed by atoms with van der Waals surface area (Å²) in [5.41, 5.74) is 8.91. The van der Waals surface area contributed by atoms with Gasteiger partial charge in [0.25, 0.3) is 5.91 Å². The predicted octanol–water partition coefficient (Wildman–Crippen LogP) is 4.16. The minimum atomic E-state index is -3.93. The number of aryl methyl sites for hydroxylation is 1. The number of fused-ring (bicyclic) bond motifs is 2. The van der Waals surface area contributed by atoms with E-state index in [0.717, 1.165) is 17.0 Å². The zero-order chi connectivity index (χ0) is 24.7. The van der Waals surface area contributed by atoms with Gasteiger partial charge < -0.3 is 20.5 Å². The van der Waals surface area contributed by atoms with E-state index in [2.05, 4.69) is 10.3 Å². The molecule has 2 heterocycles. The molecule has 9 heteroatoms. The van der Waals surface area contributed by atoms with Crippen molar-refractivity contribution < 1.29 is 22.7 Å². The van der Waals surface area contributed by atoms with Gasteiger partial charge >= 0.3 is 0 Å². The number of benzene rings is 3. The molecular weight excluding hydrogens is 466 g/mol. The molecule has 1 amide bonds. The quantitative estimate of drug-likeness (QED) is 0.417. The highest BCUT2D eigenvalue weighted by molar-refractivity contribution is 7.91. The molecule has 0 radical (unpaired) electrons. The smallest absolute Gasteiger partial charge is 0.252 e. The van der Waals surface area contributed by atoms with E-state index in [1.54, 1.807) is 31.2 Å². The Morgan fingerprint density at radius 3 is 2.63 bits per heavy atom. The van der Waals surface area contributed by atoms with Gasteiger partial charge in [0, 0.05) is 29.3 Å². The van der Waals surface area contributed by atoms with Crippen molar-refractivity contribution in [3.05, 3.63) is 77.5 Å². The maximum atomic E-state index is 13.6. The molecule has 1 aliphatic heterocycles. The van der Waals surface area contributed by atoms with Gasteiger partial charge in [0.1, 0.15) is 11.5 Å². The van der Waals surface area contributed by atoms with E-state index in [-0.39, 0.29) is 20.9 Å². The molecule has 0 unspecified atom stereocenters. The Hall–Kier alpha value is -4.11. The molecule has 0 fully saturated rings. The van der Waals surface area contributed by atoms with Crippen molar-refractivity contribution in [1.82, 2.24) is 4.98 Å². The molecule has 4 aromatic rings. The summed E-state index contributed by atoms with van der Waals surface area (Å²) in [5.74, 6) is 0.646. The van der Waals surface area contributed by atoms with Crippen LogP contribution < -0.4 is 20.5 Å². The van der Waals surface area contributed by atoms with Gasteiger partial charge in [-0.1, -0.05) is 6.07 Å². The summed E-state index contributed by atoms with van der Waals surface area (Å²) >= 11 is 0. The molecule has 0 aliphatic carbocycles. The summed E-state index contributed by atoms with van der Waals surface area (Å²) in [5, 5.41) is 3.80. The minimum absolute atomic E-state index is 0.0401. The van der Waals surface area contributed by atoms with Crippen LogP contribution in [0.25, 0.3) is 10.9 Å². The SMILES string of the molecule is COc1ccc(S(=O)(=O)c2cc(C)cc3c(Nc4cccc5c4CCO5)c(C(N)=O)cnc23)cc1. The minimum Gasteiger partial charge on any atom is -0.497 e. The summed E-state index contributed by atoms with van der Waals surface area (Å²) in [6.45, 7) is 2.36. The summed E-state index contributed by atoms with van der Waals surface area (Å²) in [6.07, 6.45) is 2.03. The molecule has 1 aromatic heterocycles. The third-order valence-electron chi connectivity index (χ3n) is 6.01. The Bertz CT molecular complexity index is 1580. The second kappa shape index (κ2) is 8.59. The molecule has 8 nitrogen and oxygen atoms in total. The lowest BCUT2D eigenvalue weighted by Crippen LogP contribution is -2.15. The first-order valence-corrected chi connectivity index (χ1v) is 12.4. The van der Waals surface area contributed by atoms with Crippen LogP contribution in [0.4, 0.5) is 11.4 Å². The largest absolute Gasteiger partial charge is 0.497 e. The fraction of sp³-hybridized carbons (Fsp3) is 0.154. The van der Waals surface area contributed by atoms with Crippen LogP contribution in [0.2, 0.25) is 0 Å². The van der Waals surface area contributed by atoms with E-state index < -0.39 is 15.7 Å². The van der Waals surface area contributed by atoms with Crippen molar-refractivity contribution in [3.63, 3.8) is 0 Å². The number of hydrogen-bond donors (Lipinski definition) is 2. The number of rotatable bonds is 6. The molecule has 0 saturated carbocycles. The van der Waals surface area contributed by atoms with E-state index >= 15 is 0 Å². The standard InChI is InChI=1S/C26H23N3O5S/c1-15-12-19-24(29-21-4-3-5-22-18(21)10-11-34-22)20(26(27)30)14-28-25(19)23(13-15)35(31,32)17-8-6-16(33-2)7-9-17/h3-9,12-14H,10-11H2,1-2H3,(H2,27,30)(H,28,29). The Balaban J connectivity index is 1.73. The predicted molar refractivity (Wildman–Crippen MR) is 132 cm³/mol. The van der Waals surface area contributed by atoms with Crippen molar-refractivity contribution in [2.75, 3.05) is 19.0 Å². The molecule has 5 rings (SSSR count). The molecule has 0 atom stereocenters. The number of pyridine rings is 1. The van der Waals surface area contributed by atoms with Crippen molar-refractivity contribution in [2.45, 2.75) is 23.1 Å². The molecule has 178 valence electrons. The lowest BCUT2D eigenvalue weighted by Gasteiger charge is -2.17. The number of nitrogens with two attached hydrogens (primary N) is 1. The van der Waals surface area contributed by atoms with Crippen LogP contribution in [-0.4, -0.2) is 33.0 Å². The number of carbonyl (C=O) groups is 1. The zero-order valence-corrected chi connectivity index (χ0v) is 20.0. The number of methoxy groups -OCH3 is 1. The monoisotopic (exact) mass is 489 g/mol. The van der Waals surface area contributed by atoms with Gasteiger partial charge in [-0.15, -0.1) is 0 Å². The Morgan fingerprint density at radius 1 is 1.14 bits per heavy atom. The van der Waals surface area contributed by atoms with Crippen LogP contribution in [0, 0.1) is 6.92 Å². The molecule has 3 aromatic carbocycles. The molecule has 35 heavy (non-hydrogen) atoms. The number of primary amides is 1. The molecule has 1 aliphatic rings. The van der Waals surface area contributed by atoms with E-state index in [4.69, 9.17) is 15.2 Å². The molecule has 0 saturated heterocycles. The van der Waals surface area contributed by atoms with Crippen LogP contribution in [0.1, 0.15) is 21.5 Å². The van der Waals surface area contributed by atoms with Gasteiger partial charge in [-0.05, 0) is 61.0 Å². The highest BCUT2D eigenvalue weighted by atomic mass is 32.2. The first-order chi connectivity index (χ1) is 16.8. The molecular formula is C26H23N3O5S. The second-order valence-corrected chi connectivity index (χ2v) is 10.2. The number of anilines is 2. The highest BCUT2D eigenvalue weighted by Crippen LogP contribution is 2.38. The number of ether oxygens (including phenoxy) is 2. The highest BCUT2D eigenvalue weighted by Gasteiger charge is 2.25. The Labute approximate surface area is 202 Å². The number of carbonyl (C=O) groups excluding carboxylic acids is 1. The number of sulfone groups is 1. The van der Waals surface area contributed by atoms with Gasteiger partial charge in [0.05, 0.1) is 40.3 Å². The van der Waals surface area contributed by atoms with Gasteiger partial charge in [-0.3, -0.25) is 9.78 Å². The van der Waals surface area contributed by atoms with Crippen molar-refractivity contribution in [2.24, 2.45) is 5.73 Å². The van der Waals surface area contributed by atoms with E-state index in [0.29, 0.717) is 35.4 Å². The van der Waals surface area contributed by atoms with Crippen LogP contribution in [0.3, 0.4) is 0 Å². The fourth-order valence-electron chi connectivity index (χ4n) is 4.29. The Kier molecular flexibility index (Phi) is 5.56. The van der Waals surface area contributed by atoms with Crippen molar-refractivity contribution >= 4 is 38.0 Å². The van der Waals surface area contributed by atoms with E-state index in [1.165, 1.54) is 25.4 Å². The average Bonchev–Trinajstić information content (AvgIpc) is 3.33. The summed E-state index contributed by atoms with van der Waals surface area (Å²) in [4.78, 5) is 16.8. The van der Waals surface area contributed by atoms with Gasteiger partial charge in [-0.25, -0.2) is 8.42 Å². The average molecular weight is 490 g/mol. The maximum Gasteiger partial charge on any atom is 0.252 e. The van der Waals surface area contributed by atoms with Crippen LogP contribution in [-0.2, 0) is 16.3 Å². The number of hydrogen-bond acceptors (Lipinski definition) is 7. The summed E-state index contributed by atoms with van der Waals surface area (Å²) < 4.78 is 38.1.